The SMILES string of the molecule is CN1CCC(CCc2cncc(Br)c2)CC1. The Morgan fingerprint density at radius 3 is 2.81 bits per heavy atom. The molecule has 16 heavy (non-hydrogen) atoms. The Balaban J connectivity index is 1.79. The monoisotopic (exact) mass is 282 g/mol. The summed E-state index contributed by atoms with van der Waals surface area (Å²) in [6, 6.07) is 2.18. The molecule has 0 amide bonds. The van der Waals surface area contributed by atoms with Crippen molar-refractivity contribution in [2.24, 2.45) is 5.92 Å². The van der Waals surface area contributed by atoms with Crippen LogP contribution in [0.25, 0.3) is 0 Å². The van der Waals surface area contributed by atoms with Gasteiger partial charge in [-0.1, -0.05) is 0 Å². The minimum absolute atomic E-state index is 0.912. The van der Waals surface area contributed by atoms with Crippen molar-refractivity contribution >= 4 is 15.9 Å². The number of hydrogen-bond donors (Lipinski definition) is 0. The van der Waals surface area contributed by atoms with Crippen LogP contribution in [0.2, 0.25) is 0 Å². The van der Waals surface area contributed by atoms with Gasteiger partial charge in [-0.3, -0.25) is 4.98 Å². The van der Waals surface area contributed by atoms with E-state index in [1.54, 1.807) is 0 Å². The fourth-order valence-corrected chi connectivity index (χ4v) is 2.73. The maximum absolute atomic E-state index is 4.20. The van der Waals surface area contributed by atoms with Crippen LogP contribution in [0.15, 0.2) is 22.9 Å². The van der Waals surface area contributed by atoms with E-state index >= 15 is 0 Å². The molecule has 0 aromatic carbocycles. The van der Waals surface area contributed by atoms with Gasteiger partial charge in [-0.05, 0) is 79.3 Å². The Morgan fingerprint density at radius 1 is 1.38 bits per heavy atom. The van der Waals surface area contributed by atoms with Crippen molar-refractivity contribution in [3.05, 3.63) is 28.5 Å². The topological polar surface area (TPSA) is 16.1 Å². The first kappa shape index (κ1) is 12.1. The molecule has 0 spiro atoms. The number of pyridine rings is 1. The first-order valence-electron chi connectivity index (χ1n) is 6.02. The number of rotatable bonds is 3. The van der Waals surface area contributed by atoms with Gasteiger partial charge in [-0.25, -0.2) is 0 Å². The lowest BCUT2D eigenvalue weighted by atomic mass is 9.91. The Bertz CT molecular complexity index is 332. The van der Waals surface area contributed by atoms with E-state index < -0.39 is 0 Å². The second-order valence-corrected chi connectivity index (χ2v) is 5.71. The van der Waals surface area contributed by atoms with Crippen LogP contribution in [0.3, 0.4) is 0 Å². The second-order valence-electron chi connectivity index (χ2n) is 4.80. The average Bonchev–Trinajstić information content (AvgIpc) is 2.28. The summed E-state index contributed by atoms with van der Waals surface area (Å²) >= 11 is 3.47. The van der Waals surface area contributed by atoms with Crippen molar-refractivity contribution in [1.29, 1.82) is 0 Å². The molecule has 1 saturated heterocycles. The molecule has 0 unspecified atom stereocenters. The maximum Gasteiger partial charge on any atom is 0.0410 e. The summed E-state index contributed by atoms with van der Waals surface area (Å²) < 4.78 is 1.09. The highest BCUT2D eigenvalue weighted by Crippen LogP contribution is 2.22. The zero-order chi connectivity index (χ0) is 11.4. The molecular weight excluding hydrogens is 264 g/mol. The number of hydrogen-bond acceptors (Lipinski definition) is 2. The van der Waals surface area contributed by atoms with Gasteiger partial charge in [-0.2, -0.15) is 0 Å². The molecule has 0 radical (unpaired) electrons. The average molecular weight is 283 g/mol. The van der Waals surface area contributed by atoms with E-state index in [1.165, 1.54) is 44.3 Å². The quantitative estimate of drug-likeness (QED) is 0.847. The molecule has 0 saturated carbocycles. The van der Waals surface area contributed by atoms with Gasteiger partial charge in [0.25, 0.3) is 0 Å². The lowest BCUT2D eigenvalue weighted by molar-refractivity contribution is 0.212. The summed E-state index contributed by atoms with van der Waals surface area (Å²) in [5, 5.41) is 0. The van der Waals surface area contributed by atoms with Crippen molar-refractivity contribution in [1.82, 2.24) is 9.88 Å². The zero-order valence-electron chi connectivity index (χ0n) is 9.82. The lowest BCUT2D eigenvalue weighted by Crippen LogP contribution is -2.30. The highest BCUT2D eigenvalue weighted by atomic mass is 79.9. The number of likely N-dealkylation sites (tertiary alicyclic amines) is 1. The third-order valence-corrected chi connectivity index (χ3v) is 3.87. The maximum atomic E-state index is 4.20. The van der Waals surface area contributed by atoms with E-state index in [-0.39, 0.29) is 0 Å². The number of halogens is 1. The van der Waals surface area contributed by atoms with Crippen LogP contribution in [-0.2, 0) is 6.42 Å². The summed E-state index contributed by atoms with van der Waals surface area (Å²) in [4.78, 5) is 6.63. The molecule has 1 aromatic rings. The van der Waals surface area contributed by atoms with E-state index in [1.807, 2.05) is 12.4 Å². The van der Waals surface area contributed by atoms with Crippen molar-refractivity contribution < 1.29 is 0 Å². The van der Waals surface area contributed by atoms with Gasteiger partial charge < -0.3 is 4.90 Å². The van der Waals surface area contributed by atoms with Crippen LogP contribution in [0.1, 0.15) is 24.8 Å². The van der Waals surface area contributed by atoms with Crippen molar-refractivity contribution in [2.45, 2.75) is 25.7 Å². The first-order valence-corrected chi connectivity index (χ1v) is 6.81. The third kappa shape index (κ3) is 3.56. The molecule has 0 aliphatic carbocycles. The van der Waals surface area contributed by atoms with E-state index in [0.29, 0.717) is 0 Å². The molecule has 3 heteroatoms. The molecule has 1 aromatic heterocycles. The third-order valence-electron chi connectivity index (χ3n) is 3.44. The van der Waals surface area contributed by atoms with E-state index in [2.05, 4.69) is 38.9 Å². The van der Waals surface area contributed by atoms with Crippen LogP contribution >= 0.6 is 15.9 Å². The number of aryl methyl sites for hydroxylation is 1. The van der Waals surface area contributed by atoms with Gasteiger partial charge in [-0.15, -0.1) is 0 Å². The molecule has 1 aliphatic rings. The van der Waals surface area contributed by atoms with E-state index in [4.69, 9.17) is 0 Å². The normalized spacial score (nSPS) is 18.9. The molecule has 88 valence electrons. The van der Waals surface area contributed by atoms with Crippen LogP contribution in [0, 0.1) is 5.92 Å². The molecule has 1 fully saturated rings. The van der Waals surface area contributed by atoms with Crippen LogP contribution in [0.4, 0.5) is 0 Å². The largest absolute Gasteiger partial charge is 0.306 e. The smallest absolute Gasteiger partial charge is 0.0410 e. The van der Waals surface area contributed by atoms with Crippen molar-refractivity contribution in [2.75, 3.05) is 20.1 Å². The first-order chi connectivity index (χ1) is 7.74. The fraction of sp³-hybridized carbons (Fsp3) is 0.615. The van der Waals surface area contributed by atoms with Gasteiger partial charge in [0.1, 0.15) is 0 Å². The highest BCUT2D eigenvalue weighted by molar-refractivity contribution is 9.10. The standard InChI is InChI=1S/C13H19BrN2/c1-16-6-4-11(5-7-16)2-3-12-8-13(14)10-15-9-12/h8-11H,2-7H2,1H3. The van der Waals surface area contributed by atoms with Crippen LogP contribution in [-0.4, -0.2) is 30.0 Å². The van der Waals surface area contributed by atoms with Gasteiger partial charge in [0.2, 0.25) is 0 Å². The molecule has 2 nitrogen and oxygen atoms in total. The summed E-state index contributed by atoms with van der Waals surface area (Å²) in [5.41, 5.74) is 1.35. The summed E-state index contributed by atoms with van der Waals surface area (Å²) in [7, 11) is 2.22. The van der Waals surface area contributed by atoms with Gasteiger partial charge in [0.05, 0.1) is 0 Å². The van der Waals surface area contributed by atoms with Gasteiger partial charge in [0.15, 0.2) is 0 Å². The summed E-state index contributed by atoms with van der Waals surface area (Å²) in [5.74, 6) is 0.912. The Morgan fingerprint density at radius 2 is 2.12 bits per heavy atom. The lowest BCUT2D eigenvalue weighted by Gasteiger charge is -2.28. The Kier molecular flexibility index (Phi) is 4.36. The van der Waals surface area contributed by atoms with E-state index in [0.717, 1.165) is 10.4 Å². The minimum Gasteiger partial charge on any atom is -0.306 e. The Hall–Kier alpha value is -0.410. The molecule has 2 rings (SSSR count). The van der Waals surface area contributed by atoms with Crippen LogP contribution in [0.5, 0.6) is 0 Å². The summed E-state index contributed by atoms with van der Waals surface area (Å²) in [6.45, 7) is 2.53. The van der Waals surface area contributed by atoms with Crippen molar-refractivity contribution in [3.63, 3.8) is 0 Å². The number of nitrogens with zero attached hydrogens (tertiary/aromatic N) is 2. The molecular formula is C13H19BrN2. The number of piperidine rings is 1. The molecule has 1 aliphatic heterocycles. The Labute approximate surface area is 106 Å². The molecule has 2 heterocycles. The van der Waals surface area contributed by atoms with Crippen molar-refractivity contribution in [3.8, 4) is 0 Å². The molecule has 0 atom stereocenters. The van der Waals surface area contributed by atoms with Gasteiger partial charge in [0, 0.05) is 16.9 Å². The van der Waals surface area contributed by atoms with Crippen LogP contribution < -0.4 is 0 Å². The predicted molar refractivity (Wildman–Crippen MR) is 70.5 cm³/mol. The summed E-state index contributed by atoms with van der Waals surface area (Å²) in [6.07, 6.45) is 9.03. The minimum atomic E-state index is 0.912. The number of aromatic nitrogens is 1. The molecule has 0 N–H and O–H groups in total. The highest BCUT2D eigenvalue weighted by Gasteiger charge is 2.16. The fourth-order valence-electron chi connectivity index (χ4n) is 2.31. The zero-order valence-corrected chi connectivity index (χ0v) is 11.4. The van der Waals surface area contributed by atoms with E-state index in [9.17, 15) is 0 Å². The molecule has 0 bridgehead atoms. The second kappa shape index (κ2) is 5.78. The predicted octanol–water partition coefficient (Wildman–Crippen LogP) is 3.12. The van der Waals surface area contributed by atoms with Gasteiger partial charge >= 0.3 is 0 Å².